The van der Waals surface area contributed by atoms with Gasteiger partial charge in [-0.1, -0.05) is 48.6 Å². The van der Waals surface area contributed by atoms with Crippen LogP contribution in [-0.4, -0.2) is 4.92 Å². The molecule has 1 radical (unpaired) electrons. The predicted molar refractivity (Wildman–Crippen MR) is 86.7 cm³/mol. The topological polar surface area (TPSA) is 43.1 Å². The fraction of sp³-hybridized carbons (Fsp3) is 0.0556. The lowest BCUT2D eigenvalue weighted by Crippen LogP contribution is -1.87. The molecule has 0 aliphatic rings. The zero-order valence-corrected chi connectivity index (χ0v) is 11.6. The summed E-state index contributed by atoms with van der Waals surface area (Å²) in [5.74, 6) is 0. The van der Waals surface area contributed by atoms with Gasteiger partial charge in [-0.3, -0.25) is 10.1 Å². The first-order valence-corrected chi connectivity index (χ1v) is 6.65. The molecule has 0 heterocycles. The summed E-state index contributed by atoms with van der Waals surface area (Å²) < 4.78 is 0. The standard InChI is InChI=1S/C18H16NO2/c1-2-6-16-8-3-4-9-17(16)10-5-7-15-11-13-18(14-12-15)19(20)21/h2-9,11-14H,1,10H2/b6-2+,7-5+. The molecule has 105 valence electrons. The summed E-state index contributed by atoms with van der Waals surface area (Å²) in [5.41, 5.74) is 3.43. The summed E-state index contributed by atoms with van der Waals surface area (Å²) in [5, 5.41) is 10.6. The Balaban J connectivity index is 2.07. The van der Waals surface area contributed by atoms with Crippen molar-refractivity contribution in [2.24, 2.45) is 0 Å². The fourth-order valence-electron chi connectivity index (χ4n) is 2.04. The molecule has 0 bridgehead atoms. The molecule has 0 spiro atoms. The van der Waals surface area contributed by atoms with Gasteiger partial charge in [0.1, 0.15) is 0 Å². The van der Waals surface area contributed by atoms with Crippen LogP contribution in [0.15, 0.2) is 60.7 Å². The van der Waals surface area contributed by atoms with Gasteiger partial charge in [0.05, 0.1) is 4.92 Å². The Hall–Kier alpha value is -2.68. The molecule has 0 aromatic heterocycles. The normalized spacial score (nSPS) is 11.3. The third-order valence-electron chi connectivity index (χ3n) is 3.10. The summed E-state index contributed by atoms with van der Waals surface area (Å²) in [6.07, 6.45) is 8.58. The van der Waals surface area contributed by atoms with Crippen LogP contribution in [-0.2, 0) is 6.42 Å². The van der Waals surface area contributed by atoms with Crippen LogP contribution in [0.1, 0.15) is 16.7 Å². The Morgan fingerprint density at radius 3 is 2.43 bits per heavy atom. The average Bonchev–Trinajstić information content (AvgIpc) is 2.50. The van der Waals surface area contributed by atoms with Gasteiger partial charge in [0.2, 0.25) is 0 Å². The second-order valence-electron chi connectivity index (χ2n) is 4.56. The molecule has 0 saturated carbocycles. The molecule has 3 heteroatoms. The van der Waals surface area contributed by atoms with Crippen LogP contribution in [0.25, 0.3) is 12.2 Å². The van der Waals surface area contributed by atoms with Crippen LogP contribution in [0.2, 0.25) is 0 Å². The van der Waals surface area contributed by atoms with E-state index in [4.69, 9.17) is 0 Å². The van der Waals surface area contributed by atoms with Crippen LogP contribution in [0.4, 0.5) is 5.69 Å². The maximum absolute atomic E-state index is 10.6. The summed E-state index contributed by atoms with van der Waals surface area (Å²) >= 11 is 0. The highest BCUT2D eigenvalue weighted by molar-refractivity contribution is 5.56. The Bertz CT molecular complexity index is 670. The number of nitro benzene ring substituents is 1. The zero-order valence-electron chi connectivity index (χ0n) is 11.6. The minimum absolute atomic E-state index is 0.109. The van der Waals surface area contributed by atoms with Crippen LogP contribution in [0.5, 0.6) is 0 Å². The van der Waals surface area contributed by atoms with E-state index in [1.165, 1.54) is 17.7 Å². The third kappa shape index (κ3) is 4.14. The van der Waals surface area contributed by atoms with Gasteiger partial charge in [0.15, 0.2) is 0 Å². The van der Waals surface area contributed by atoms with Gasteiger partial charge in [0, 0.05) is 12.1 Å². The molecule has 2 aromatic rings. The minimum Gasteiger partial charge on any atom is -0.258 e. The summed E-state index contributed by atoms with van der Waals surface area (Å²) in [6, 6.07) is 14.7. The molecule has 0 atom stereocenters. The van der Waals surface area contributed by atoms with Crippen molar-refractivity contribution in [3.05, 3.63) is 94.4 Å². The zero-order chi connectivity index (χ0) is 15.1. The van der Waals surface area contributed by atoms with E-state index in [2.05, 4.69) is 25.1 Å². The Morgan fingerprint density at radius 2 is 1.76 bits per heavy atom. The molecule has 0 unspecified atom stereocenters. The maximum atomic E-state index is 10.6. The molecular weight excluding hydrogens is 262 g/mol. The van der Waals surface area contributed by atoms with E-state index >= 15 is 0 Å². The number of hydrogen-bond acceptors (Lipinski definition) is 2. The SMILES string of the molecule is [CH2]/C=C/c1ccccc1C/C=C/c1ccc([N+](=O)[O-])cc1. The minimum atomic E-state index is -0.394. The van der Waals surface area contributed by atoms with Gasteiger partial charge in [-0.25, -0.2) is 0 Å². The first-order valence-electron chi connectivity index (χ1n) is 6.65. The molecule has 0 amide bonds. The van der Waals surface area contributed by atoms with E-state index in [1.807, 2.05) is 24.3 Å². The molecule has 0 saturated heterocycles. The first kappa shape index (κ1) is 14.7. The van der Waals surface area contributed by atoms with Crippen molar-refractivity contribution in [1.82, 2.24) is 0 Å². The number of nitrogens with zero attached hydrogens (tertiary/aromatic N) is 1. The molecule has 3 nitrogen and oxygen atoms in total. The van der Waals surface area contributed by atoms with Crippen molar-refractivity contribution in [3.63, 3.8) is 0 Å². The van der Waals surface area contributed by atoms with E-state index in [0.717, 1.165) is 17.5 Å². The molecule has 0 fully saturated rings. The molecule has 0 aliphatic carbocycles. The first-order chi connectivity index (χ1) is 10.2. The fourth-order valence-corrected chi connectivity index (χ4v) is 2.04. The summed E-state index contributed by atoms with van der Waals surface area (Å²) in [4.78, 5) is 10.2. The Kier molecular flexibility index (Phi) is 5.04. The Morgan fingerprint density at radius 1 is 1.05 bits per heavy atom. The smallest absolute Gasteiger partial charge is 0.258 e. The second kappa shape index (κ2) is 7.20. The number of rotatable bonds is 5. The van der Waals surface area contributed by atoms with Gasteiger partial charge in [-0.2, -0.15) is 0 Å². The van der Waals surface area contributed by atoms with Crippen molar-refractivity contribution in [1.29, 1.82) is 0 Å². The Labute approximate surface area is 124 Å². The maximum Gasteiger partial charge on any atom is 0.269 e. The predicted octanol–water partition coefficient (Wildman–Crippen LogP) is 4.70. The summed E-state index contributed by atoms with van der Waals surface area (Å²) in [6.45, 7) is 3.72. The van der Waals surface area contributed by atoms with Gasteiger partial charge < -0.3 is 0 Å². The van der Waals surface area contributed by atoms with Crippen molar-refractivity contribution in [3.8, 4) is 0 Å². The number of benzene rings is 2. The van der Waals surface area contributed by atoms with E-state index in [0.29, 0.717) is 0 Å². The van der Waals surface area contributed by atoms with Crippen molar-refractivity contribution in [2.75, 3.05) is 0 Å². The van der Waals surface area contributed by atoms with Gasteiger partial charge in [0.25, 0.3) is 5.69 Å². The van der Waals surface area contributed by atoms with E-state index < -0.39 is 4.92 Å². The van der Waals surface area contributed by atoms with Crippen LogP contribution < -0.4 is 0 Å². The number of hydrogen-bond donors (Lipinski definition) is 0. The van der Waals surface area contributed by atoms with Crippen molar-refractivity contribution < 1.29 is 4.92 Å². The molecule has 0 aliphatic heterocycles. The van der Waals surface area contributed by atoms with Crippen LogP contribution in [0.3, 0.4) is 0 Å². The lowest BCUT2D eigenvalue weighted by molar-refractivity contribution is -0.384. The number of allylic oxidation sites excluding steroid dienone is 2. The average molecular weight is 278 g/mol. The van der Waals surface area contributed by atoms with Crippen LogP contribution in [0, 0.1) is 17.0 Å². The molecule has 2 rings (SSSR count). The molecule has 21 heavy (non-hydrogen) atoms. The second-order valence-corrected chi connectivity index (χ2v) is 4.56. The van der Waals surface area contributed by atoms with E-state index in [1.54, 1.807) is 18.2 Å². The molecular formula is C18H16NO2. The third-order valence-corrected chi connectivity index (χ3v) is 3.10. The van der Waals surface area contributed by atoms with Crippen LogP contribution >= 0.6 is 0 Å². The highest BCUT2D eigenvalue weighted by Gasteiger charge is 2.02. The number of nitro groups is 1. The van der Waals surface area contributed by atoms with Crippen molar-refractivity contribution in [2.45, 2.75) is 6.42 Å². The van der Waals surface area contributed by atoms with E-state index in [9.17, 15) is 10.1 Å². The summed E-state index contributed by atoms with van der Waals surface area (Å²) in [7, 11) is 0. The largest absolute Gasteiger partial charge is 0.269 e. The molecule has 0 N–H and O–H groups in total. The number of non-ortho nitro benzene ring substituents is 1. The highest BCUT2D eigenvalue weighted by Crippen LogP contribution is 2.15. The van der Waals surface area contributed by atoms with Gasteiger partial charge in [-0.15, -0.1) is 0 Å². The van der Waals surface area contributed by atoms with Gasteiger partial charge >= 0.3 is 0 Å². The van der Waals surface area contributed by atoms with Crippen molar-refractivity contribution >= 4 is 17.8 Å². The lowest BCUT2D eigenvalue weighted by atomic mass is 10.0. The quantitative estimate of drug-likeness (QED) is 0.587. The molecule has 2 aromatic carbocycles. The lowest BCUT2D eigenvalue weighted by Gasteiger charge is -2.02. The van der Waals surface area contributed by atoms with Gasteiger partial charge in [-0.05, 0) is 42.2 Å². The van der Waals surface area contributed by atoms with E-state index in [-0.39, 0.29) is 5.69 Å². The highest BCUT2D eigenvalue weighted by atomic mass is 16.6. The monoisotopic (exact) mass is 278 g/mol.